The number of hydrogen-bond donors (Lipinski definition) is 2. The molecule has 0 unspecified atom stereocenters. The van der Waals surface area contributed by atoms with E-state index in [2.05, 4.69) is 17.0 Å². The summed E-state index contributed by atoms with van der Waals surface area (Å²) in [5.41, 5.74) is 1.55. The third-order valence-electron chi connectivity index (χ3n) is 4.13. The monoisotopic (exact) mass is 360 g/mol. The number of anilines is 1. The van der Waals surface area contributed by atoms with Crippen LogP contribution in [0.25, 0.3) is 0 Å². The molecule has 0 aromatic heterocycles. The molecule has 2 aromatic carbocycles. The lowest BCUT2D eigenvalue weighted by molar-refractivity contribution is -0.118. The number of amides is 1. The van der Waals surface area contributed by atoms with Gasteiger partial charge in [-0.25, -0.2) is 13.1 Å². The Hall–Kier alpha value is -2.38. The molecule has 132 valence electrons. The molecule has 3 rings (SSSR count). The number of hydrogen-bond acceptors (Lipinski definition) is 4. The second-order valence-corrected chi connectivity index (χ2v) is 7.76. The maximum Gasteiger partial charge on any atom is 0.262 e. The van der Waals surface area contributed by atoms with Gasteiger partial charge in [0.2, 0.25) is 10.0 Å². The Bertz CT molecular complexity index is 866. The van der Waals surface area contributed by atoms with Gasteiger partial charge in [0.05, 0.1) is 10.6 Å². The summed E-state index contributed by atoms with van der Waals surface area (Å²) in [4.78, 5) is 11.5. The first kappa shape index (κ1) is 17.4. The number of carbonyl (C=O) groups excluding carboxylic acids is 1. The Kier molecular flexibility index (Phi) is 5.06. The minimum absolute atomic E-state index is 0.0608. The average molecular weight is 360 g/mol. The zero-order chi connectivity index (χ0) is 17.9. The molecule has 0 saturated carbocycles. The number of sulfonamides is 1. The summed E-state index contributed by atoms with van der Waals surface area (Å²) in [6.07, 6.45) is 0.689. The average Bonchev–Trinajstić information content (AvgIpc) is 2.61. The van der Waals surface area contributed by atoms with Crippen LogP contribution in [0.4, 0.5) is 5.69 Å². The molecular weight excluding hydrogens is 340 g/mol. The zero-order valence-electron chi connectivity index (χ0n) is 13.9. The number of rotatable bonds is 6. The van der Waals surface area contributed by atoms with Crippen molar-refractivity contribution in [1.82, 2.24) is 4.72 Å². The quantitative estimate of drug-likeness (QED) is 0.829. The lowest BCUT2D eigenvalue weighted by atomic mass is 9.98. The highest BCUT2D eigenvalue weighted by molar-refractivity contribution is 7.89. The zero-order valence-corrected chi connectivity index (χ0v) is 14.7. The fourth-order valence-corrected chi connectivity index (χ4v) is 3.74. The third-order valence-corrected chi connectivity index (χ3v) is 5.59. The molecule has 1 aliphatic heterocycles. The van der Waals surface area contributed by atoms with Crippen LogP contribution in [0.15, 0.2) is 53.4 Å². The molecule has 7 heteroatoms. The van der Waals surface area contributed by atoms with Crippen molar-refractivity contribution in [2.45, 2.75) is 24.2 Å². The minimum atomic E-state index is -3.65. The Morgan fingerprint density at radius 3 is 2.72 bits per heavy atom. The standard InChI is InChI=1S/C18H20N2O4S/c1-13(14-5-3-2-4-6-14)9-10-19-25(22,23)15-7-8-17-16(11-15)20-18(21)12-24-17/h2-8,11,13,19H,9-10,12H2,1H3,(H,20,21)/t13-/m0/s1. The maximum atomic E-state index is 12.5. The van der Waals surface area contributed by atoms with Crippen molar-refractivity contribution in [2.24, 2.45) is 0 Å². The Morgan fingerprint density at radius 2 is 1.96 bits per heavy atom. The lowest BCUT2D eigenvalue weighted by Crippen LogP contribution is -2.27. The maximum absolute atomic E-state index is 12.5. The van der Waals surface area contributed by atoms with Gasteiger partial charge in [-0.15, -0.1) is 0 Å². The topological polar surface area (TPSA) is 84.5 Å². The van der Waals surface area contributed by atoms with E-state index >= 15 is 0 Å². The summed E-state index contributed by atoms with van der Waals surface area (Å²) in [5, 5.41) is 2.61. The molecule has 0 bridgehead atoms. The molecule has 0 radical (unpaired) electrons. The summed E-state index contributed by atoms with van der Waals surface area (Å²) in [5.74, 6) is 0.420. The molecular formula is C18H20N2O4S. The summed E-state index contributed by atoms with van der Waals surface area (Å²) >= 11 is 0. The number of fused-ring (bicyclic) bond motifs is 1. The molecule has 0 spiro atoms. The van der Waals surface area contributed by atoms with Crippen LogP contribution >= 0.6 is 0 Å². The summed E-state index contributed by atoms with van der Waals surface area (Å²) < 4.78 is 32.8. The second kappa shape index (κ2) is 7.25. The van der Waals surface area contributed by atoms with Crippen LogP contribution in [0.2, 0.25) is 0 Å². The van der Waals surface area contributed by atoms with Gasteiger partial charge in [-0.2, -0.15) is 0 Å². The highest BCUT2D eigenvalue weighted by Crippen LogP contribution is 2.30. The fraction of sp³-hybridized carbons (Fsp3) is 0.278. The normalized spacial score (nSPS) is 15.0. The Labute approximate surface area is 147 Å². The number of benzene rings is 2. The first-order valence-electron chi connectivity index (χ1n) is 8.07. The Balaban J connectivity index is 1.64. The smallest absolute Gasteiger partial charge is 0.262 e. The minimum Gasteiger partial charge on any atom is -0.482 e. The van der Waals surface area contributed by atoms with Gasteiger partial charge in [-0.1, -0.05) is 37.3 Å². The van der Waals surface area contributed by atoms with E-state index in [0.29, 0.717) is 24.4 Å². The van der Waals surface area contributed by atoms with Gasteiger partial charge in [-0.05, 0) is 36.1 Å². The van der Waals surface area contributed by atoms with Crippen LogP contribution in [-0.2, 0) is 14.8 Å². The lowest BCUT2D eigenvalue weighted by Gasteiger charge is -2.18. The summed E-state index contributed by atoms with van der Waals surface area (Å²) in [7, 11) is -3.65. The van der Waals surface area contributed by atoms with Crippen LogP contribution in [0.5, 0.6) is 5.75 Å². The van der Waals surface area contributed by atoms with Gasteiger partial charge in [0.1, 0.15) is 5.75 Å². The van der Waals surface area contributed by atoms with E-state index in [4.69, 9.17) is 4.74 Å². The molecule has 0 aliphatic carbocycles. The molecule has 2 N–H and O–H groups in total. The largest absolute Gasteiger partial charge is 0.482 e. The highest BCUT2D eigenvalue weighted by Gasteiger charge is 2.20. The van der Waals surface area contributed by atoms with Crippen LogP contribution in [-0.4, -0.2) is 27.5 Å². The van der Waals surface area contributed by atoms with E-state index in [1.165, 1.54) is 17.7 Å². The molecule has 1 heterocycles. The second-order valence-electron chi connectivity index (χ2n) is 5.99. The van der Waals surface area contributed by atoms with Gasteiger partial charge in [0.25, 0.3) is 5.91 Å². The van der Waals surface area contributed by atoms with Crippen molar-refractivity contribution in [3.63, 3.8) is 0 Å². The van der Waals surface area contributed by atoms with E-state index in [9.17, 15) is 13.2 Å². The number of nitrogens with one attached hydrogen (secondary N) is 2. The first-order valence-corrected chi connectivity index (χ1v) is 9.55. The van der Waals surface area contributed by atoms with E-state index < -0.39 is 10.0 Å². The molecule has 1 aliphatic rings. The van der Waals surface area contributed by atoms with Crippen LogP contribution < -0.4 is 14.8 Å². The van der Waals surface area contributed by atoms with Crippen LogP contribution in [0.3, 0.4) is 0 Å². The van der Waals surface area contributed by atoms with Gasteiger partial charge in [0.15, 0.2) is 6.61 Å². The molecule has 0 saturated heterocycles. The molecule has 0 fully saturated rings. The van der Waals surface area contributed by atoms with Crippen molar-refractivity contribution in [1.29, 1.82) is 0 Å². The van der Waals surface area contributed by atoms with Gasteiger partial charge < -0.3 is 10.1 Å². The summed E-state index contributed by atoms with van der Waals surface area (Å²) in [6.45, 7) is 2.34. The van der Waals surface area contributed by atoms with Crippen LogP contribution in [0.1, 0.15) is 24.8 Å². The van der Waals surface area contributed by atoms with E-state index in [1.54, 1.807) is 6.07 Å². The summed E-state index contributed by atoms with van der Waals surface area (Å²) in [6, 6.07) is 14.4. The molecule has 6 nitrogen and oxygen atoms in total. The fourth-order valence-electron chi connectivity index (χ4n) is 2.67. The van der Waals surface area contributed by atoms with Crippen molar-refractivity contribution in [3.05, 3.63) is 54.1 Å². The molecule has 1 atom stereocenters. The van der Waals surface area contributed by atoms with Gasteiger partial charge in [0, 0.05) is 6.54 Å². The third kappa shape index (κ3) is 4.18. The van der Waals surface area contributed by atoms with Crippen molar-refractivity contribution in [3.8, 4) is 5.75 Å². The van der Waals surface area contributed by atoms with E-state index in [1.807, 2.05) is 30.3 Å². The predicted molar refractivity (Wildman–Crippen MR) is 95.2 cm³/mol. The van der Waals surface area contributed by atoms with Gasteiger partial charge in [-0.3, -0.25) is 4.79 Å². The van der Waals surface area contributed by atoms with Crippen molar-refractivity contribution in [2.75, 3.05) is 18.5 Å². The SMILES string of the molecule is C[C@@H](CCNS(=O)(=O)c1ccc2c(c1)NC(=O)CO2)c1ccccc1. The van der Waals surface area contributed by atoms with Crippen LogP contribution in [0, 0.1) is 0 Å². The highest BCUT2D eigenvalue weighted by atomic mass is 32.2. The molecule has 2 aromatic rings. The van der Waals surface area contributed by atoms with E-state index in [-0.39, 0.29) is 23.3 Å². The predicted octanol–water partition coefficient (Wildman–Crippen LogP) is 2.49. The van der Waals surface area contributed by atoms with Crippen molar-refractivity contribution >= 4 is 21.6 Å². The first-order chi connectivity index (χ1) is 12.0. The molecule has 25 heavy (non-hydrogen) atoms. The van der Waals surface area contributed by atoms with E-state index in [0.717, 1.165) is 0 Å². The van der Waals surface area contributed by atoms with Gasteiger partial charge >= 0.3 is 0 Å². The Morgan fingerprint density at radius 1 is 1.20 bits per heavy atom. The van der Waals surface area contributed by atoms with Crippen molar-refractivity contribution < 1.29 is 17.9 Å². The number of carbonyl (C=O) groups is 1. The molecule has 1 amide bonds. The number of ether oxygens (including phenoxy) is 1.